The summed E-state index contributed by atoms with van der Waals surface area (Å²) in [5.41, 5.74) is 1.75. The van der Waals surface area contributed by atoms with E-state index in [2.05, 4.69) is 15.1 Å². The van der Waals surface area contributed by atoms with Crippen LogP contribution >= 0.6 is 0 Å². The molecule has 0 aromatic heterocycles. The summed E-state index contributed by atoms with van der Waals surface area (Å²) in [6, 6.07) is 13.9. The van der Waals surface area contributed by atoms with Gasteiger partial charge >= 0.3 is 0 Å². The van der Waals surface area contributed by atoms with Gasteiger partial charge in [0.05, 0.1) is 25.7 Å². The zero-order valence-electron chi connectivity index (χ0n) is 19.5. The van der Waals surface area contributed by atoms with Crippen LogP contribution in [-0.2, 0) is 14.3 Å². The molecule has 34 heavy (non-hydrogen) atoms. The van der Waals surface area contributed by atoms with E-state index in [-0.39, 0.29) is 23.7 Å². The number of halogens is 1. The fourth-order valence-corrected chi connectivity index (χ4v) is 5.30. The third kappa shape index (κ3) is 4.28. The lowest BCUT2D eigenvalue weighted by molar-refractivity contribution is -0.167. The van der Waals surface area contributed by atoms with Gasteiger partial charge in [-0.15, -0.1) is 0 Å². The first-order valence-electron chi connectivity index (χ1n) is 12.0. The molecule has 0 spiro atoms. The van der Waals surface area contributed by atoms with Crippen molar-refractivity contribution in [2.75, 3.05) is 56.7 Å². The third-order valence-corrected chi connectivity index (χ3v) is 7.40. The molecule has 3 heterocycles. The average molecular weight is 467 g/mol. The first kappa shape index (κ1) is 22.8. The number of hydrogen-bond acceptors (Lipinski definition) is 5. The Bertz CT molecular complexity index is 1030. The van der Waals surface area contributed by atoms with Crippen LogP contribution in [0.1, 0.15) is 30.9 Å². The Balaban J connectivity index is 1.37. The number of nitrogens with zero attached hydrogens (tertiary/aromatic N) is 3. The highest BCUT2D eigenvalue weighted by molar-refractivity contribution is 6.02. The maximum atomic E-state index is 13.8. The number of amides is 2. The second-order valence-electron chi connectivity index (χ2n) is 9.47. The van der Waals surface area contributed by atoms with Gasteiger partial charge in [0.15, 0.2) is 0 Å². The molecule has 0 aliphatic carbocycles. The largest absolute Gasteiger partial charge is 0.378 e. The van der Waals surface area contributed by atoms with Gasteiger partial charge in [-0.2, -0.15) is 0 Å². The minimum absolute atomic E-state index is 0.0308. The molecule has 0 radical (unpaired) electrons. The number of anilines is 2. The van der Waals surface area contributed by atoms with Gasteiger partial charge in [-0.3, -0.25) is 9.59 Å². The summed E-state index contributed by atoms with van der Waals surface area (Å²) < 4.78 is 18.9. The number of carbonyl (C=O) groups excluding carboxylic acids is 2. The lowest BCUT2D eigenvalue weighted by atomic mass is 9.78. The number of morpholine rings is 1. The van der Waals surface area contributed by atoms with Crippen LogP contribution in [-0.4, -0.2) is 73.6 Å². The number of carbonyl (C=O) groups is 2. The zero-order chi connectivity index (χ0) is 23.7. The Morgan fingerprint density at radius 3 is 2.26 bits per heavy atom. The van der Waals surface area contributed by atoms with E-state index in [0.29, 0.717) is 38.2 Å². The molecule has 0 saturated carbocycles. The molecule has 2 aromatic carbocycles. The highest BCUT2D eigenvalue weighted by Crippen LogP contribution is 2.45. The number of hydrogen-bond donors (Lipinski definition) is 1. The number of likely N-dealkylation sites (tertiary alicyclic amines) is 2. The summed E-state index contributed by atoms with van der Waals surface area (Å²) in [4.78, 5) is 32.9. The van der Waals surface area contributed by atoms with Crippen LogP contribution in [0.3, 0.4) is 0 Å². The summed E-state index contributed by atoms with van der Waals surface area (Å²) in [7, 11) is 2.03. The molecule has 1 N–H and O–H groups in total. The first-order valence-corrected chi connectivity index (χ1v) is 12.0. The van der Waals surface area contributed by atoms with Crippen molar-refractivity contribution in [1.29, 1.82) is 0 Å². The molecule has 7 nitrogen and oxygen atoms in total. The SMILES string of the molecule is CN1CCC(C(=O)Nc2ccc(N3CCOCC3)cc2)(N2C(=O)CC2c2ccc(F)cc2)CC1. The first-order chi connectivity index (χ1) is 16.5. The van der Waals surface area contributed by atoms with Gasteiger partial charge in [0.2, 0.25) is 11.8 Å². The molecular weight excluding hydrogens is 435 g/mol. The minimum atomic E-state index is -0.927. The van der Waals surface area contributed by atoms with Crippen LogP contribution in [0.15, 0.2) is 48.5 Å². The topological polar surface area (TPSA) is 65.1 Å². The number of benzene rings is 2. The Hall–Kier alpha value is -2.97. The van der Waals surface area contributed by atoms with Crippen LogP contribution < -0.4 is 10.2 Å². The minimum Gasteiger partial charge on any atom is -0.378 e. The molecule has 2 amide bonds. The maximum Gasteiger partial charge on any atom is 0.250 e. The molecule has 3 aliphatic heterocycles. The van der Waals surface area contributed by atoms with Crippen molar-refractivity contribution >= 4 is 23.2 Å². The molecule has 3 saturated heterocycles. The molecule has 0 bridgehead atoms. The lowest BCUT2D eigenvalue weighted by Crippen LogP contribution is -2.68. The smallest absolute Gasteiger partial charge is 0.250 e. The molecule has 1 unspecified atom stereocenters. The van der Waals surface area contributed by atoms with E-state index in [1.54, 1.807) is 17.0 Å². The van der Waals surface area contributed by atoms with Crippen LogP contribution in [0.4, 0.5) is 15.8 Å². The summed E-state index contributed by atoms with van der Waals surface area (Å²) in [5, 5.41) is 3.09. The van der Waals surface area contributed by atoms with Crippen molar-refractivity contribution in [2.24, 2.45) is 0 Å². The van der Waals surface area contributed by atoms with Gasteiger partial charge in [0.25, 0.3) is 0 Å². The number of β-lactam (4-membered cyclic amide) rings is 1. The van der Waals surface area contributed by atoms with Crippen LogP contribution in [0.25, 0.3) is 0 Å². The lowest BCUT2D eigenvalue weighted by Gasteiger charge is -2.54. The zero-order valence-corrected chi connectivity index (χ0v) is 19.5. The Morgan fingerprint density at radius 1 is 1.00 bits per heavy atom. The average Bonchev–Trinajstić information content (AvgIpc) is 2.85. The van der Waals surface area contributed by atoms with Crippen LogP contribution in [0.5, 0.6) is 0 Å². The second-order valence-corrected chi connectivity index (χ2v) is 9.47. The van der Waals surface area contributed by atoms with E-state index < -0.39 is 5.54 Å². The van der Waals surface area contributed by atoms with Crippen LogP contribution in [0.2, 0.25) is 0 Å². The van der Waals surface area contributed by atoms with E-state index in [1.165, 1.54) is 12.1 Å². The van der Waals surface area contributed by atoms with Crippen molar-refractivity contribution in [3.05, 3.63) is 59.9 Å². The fraction of sp³-hybridized carbons (Fsp3) is 0.462. The molecule has 5 rings (SSSR count). The monoisotopic (exact) mass is 466 g/mol. The summed E-state index contributed by atoms with van der Waals surface area (Å²) in [5.74, 6) is -0.496. The van der Waals surface area contributed by atoms with E-state index in [9.17, 15) is 14.0 Å². The summed E-state index contributed by atoms with van der Waals surface area (Å²) in [6.45, 7) is 4.59. The Morgan fingerprint density at radius 2 is 1.65 bits per heavy atom. The second kappa shape index (κ2) is 9.35. The molecule has 8 heteroatoms. The van der Waals surface area contributed by atoms with Gasteiger partial charge < -0.3 is 24.8 Å². The normalized spacial score (nSPS) is 22.9. The van der Waals surface area contributed by atoms with Crippen molar-refractivity contribution in [3.63, 3.8) is 0 Å². The molecule has 3 aliphatic rings. The van der Waals surface area contributed by atoms with Crippen molar-refractivity contribution in [1.82, 2.24) is 9.80 Å². The number of piperidine rings is 1. The molecule has 180 valence electrons. The van der Waals surface area contributed by atoms with E-state index in [4.69, 9.17) is 4.74 Å². The highest BCUT2D eigenvalue weighted by atomic mass is 19.1. The fourth-order valence-electron chi connectivity index (χ4n) is 5.30. The molecule has 2 aromatic rings. The van der Waals surface area contributed by atoms with Gasteiger partial charge in [-0.05, 0) is 61.9 Å². The van der Waals surface area contributed by atoms with Gasteiger partial charge in [0, 0.05) is 37.6 Å². The van der Waals surface area contributed by atoms with E-state index in [0.717, 1.165) is 37.4 Å². The van der Waals surface area contributed by atoms with Crippen molar-refractivity contribution in [2.45, 2.75) is 30.8 Å². The number of nitrogens with one attached hydrogen (secondary N) is 1. The van der Waals surface area contributed by atoms with Gasteiger partial charge in [-0.25, -0.2) is 4.39 Å². The number of ether oxygens (including phenoxy) is 1. The predicted octanol–water partition coefficient (Wildman–Crippen LogP) is 3.04. The van der Waals surface area contributed by atoms with Crippen molar-refractivity contribution < 1.29 is 18.7 Å². The Labute approximate surface area is 199 Å². The summed E-state index contributed by atoms with van der Waals surface area (Å²) in [6.07, 6.45) is 1.46. The molecular formula is C26H31FN4O3. The summed E-state index contributed by atoms with van der Waals surface area (Å²) >= 11 is 0. The quantitative estimate of drug-likeness (QED) is 0.687. The van der Waals surface area contributed by atoms with Crippen LogP contribution in [0, 0.1) is 5.82 Å². The predicted molar refractivity (Wildman–Crippen MR) is 128 cm³/mol. The van der Waals surface area contributed by atoms with Crippen molar-refractivity contribution in [3.8, 4) is 0 Å². The van der Waals surface area contributed by atoms with Gasteiger partial charge in [-0.1, -0.05) is 12.1 Å². The molecule has 3 fully saturated rings. The highest BCUT2D eigenvalue weighted by Gasteiger charge is 2.55. The van der Waals surface area contributed by atoms with E-state index in [1.807, 2.05) is 31.3 Å². The van der Waals surface area contributed by atoms with Gasteiger partial charge in [0.1, 0.15) is 11.4 Å². The molecule has 1 atom stereocenters. The Kier molecular flexibility index (Phi) is 6.27. The number of rotatable bonds is 5. The standard InChI is InChI=1S/C26H31FN4O3/c1-29-12-10-26(11-13-29,31-23(18-24(31)32)19-2-4-20(27)5-3-19)25(33)28-21-6-8-22(9-7-21)30-14-16-34-17-15-30/h2-9,23H,10-18H2,1H3,(H,28,33). The third-order valence-electron chi connectivity index (χ3n) is 7.40. The van der Waals surface area contributed by atoms with E-state index >= 15 is 0 Å². The maximum absolute atomic E-state index is 13.8.